The van der Waals surface area contributed by atoms with Crippen molar-refractivity contribution in [3.8, 4) is 17.0 Å². The zero-order valence-electron chi connectivity index (χ0n) is 14.0. The number of carbonyl (C=O) groups excluding carboxylic acids is 1. The average Bonchev–Trinajstić information content (AvgIpc) is 3.14. The molecule has 3 aromatic rings. The largest absolute Gasteiger partial charge is 0.508 e. The van der Waals surface area contributed by atoms with Crippen molar-refractivity contribution in [1.29, 1.82) is 0 Å². The van der Waals surface area contributed by atoms with Crippen molar-refractivity contribution < 1.29 is 14.3 Å². The topological polar surface area (TPSA) is 90.4 Å². The molecular formula is C19H17FN4O2. The van der Waals surface area contributed by atoms with E-state index in [1.54, 1.807) is 42.5 Å². The predicted octanol–water partition coefficient (Wildman–Crippen LogP) is 3.47. The van der Waals surface area contributed by atoms with E-state index in [-0.39, 0.29) is 17.3 Å². The Bertz CT molecular complexity index is 931. The molecule has 0 atom stereocenters. The van der Waals surface area contributed by atoms with Gasteiger partial charge in [0.15, 0.2) is 0 Å². The van der Waals surface area contributed by atoms with Gasteiger partial charge in [-0.3, -0.25) is 9.89 Å². The van der Waals surface area contributed by atoms with Gasteiger partial charge < -0.3 is 5.11 Å². The van der Waals surface area contributed by atoms with Crippen LogP contribution in [-0.4, -0.2) is 26.9 Å². The monoisotopic (exact) mass is 352 g/mol. The van der Waals surface area contributed by atoms with E-state index in [1.807, 2.05) is 6.92 Å². The third-order valence-corrected chi connectivity index (χ3v) is 3.79. The highest BCUT2D eigenvalue weighted by Gasteiger charge is 2.11. The normalized spacial score (nSPS) is 11.4. The number of nitrogens with one attached hydrogen (secondary N) is 2. The Morgan fingerprint density at radius 1 is 1.19 bits per heavy atom. The highest BCUT2D eigenvalue weighted by molar-refractivity contribution is 6.02. The van der Waals surface area contributed by atoms with Gasteiger partial charge in [0.25, 0.3) is 5.91 Å². The van der Waals surface area contributed by atoms with Crippen molar-refractivity contribution >= 4 is 11.6 Å². The number of hydrogen-bond donors (Lipinski definition) is 3. The highest BCUT2D eigenvalue weighted by Crippen LogP contribution is 2.18. The maximum absolute atomic E-state index is 13.0. The van der Waals surface area contributed by atoms with E-state index < -0.39 is 5.91 Å². The van der Waals surface area contributed by atoms with E-state index >= 15 is 0 Å². The Balaban J connectivity index is 1.73. The molecule has 1 amide bonds. The zero-order chi connectivity index (χ0) is 18.5. The van der Waals surface area contributed by atoms with Crippen LogP contribution >= 0.6 is 0 Å². The maximum atomic E-state index is 13.0. The molecule has 3 rings (SSSR count). The van der Waals surface area contributed by atoms with Crippen molar-refractivity contribution in [2.75, 3.05) is 0 Å². The molecule has 0 saturated heterocycles. The second kappa shape index (κ2) is 7.60. The molecule has 2 aromatic carbocycles. The number of phenols is 1. The molecule has 1 heterocycles. The third kappa shape index (κ3) is 3.94. The van der Waals surface area contributed by atoms with Crippen molar-refractivity contribution in [2.24, 2.45) is 5.10 Å². The number of nitrogens with zero attached hydrogens (tertiary/aromatic N) is 2. The first-order valence-corrected chi connectivity index (χ1v) is 8.04. The Morgan fingerprint density at radius 3 is 2.54 bits per heavy atom. The molecule has 0 aliphatic heterocycles. The number of H-pyrrole nitrogens is 1. The summed E-state index contributed by atoms with van der Waals surface area (Å²) < 4.78 is 13.0. The van der Waals surface area contributed by atoms with Crippen LogP contribution in [0.5, 0.6) is 5.75 Å². The average molecular weight is 352 g/mol. The Hall–Kier alpha value is -3.48. The van der Waals surface area contributed by atoms with Crippen LogP contribution in [0, 0.1) is 5.82 Å². The lowest BCUT2D eigenvalue weighted by Crippen LogP contribution is -2.20. The Kier molecular flexibility index (Phi) is 5.07. The molecule has 0 bridgehead atoms. The van der Waals surface area contributed by atoms with E-state index in [4.69, 9.17) is 0 Å². The maximum Gasteiger partial charge on any atom is 0.289 e. The predicted molar refractivity (Wildman–Crippen MR) is 96.4 cm³/mol. The molecule has 3 N–H and O–H groups in total. The summed E-state index contributed by atoms with van der Waals surface area (Å²) in [6.45, 7) is 1.92. The molecule has 132 valence electrons. The fraction of sp³-hybridized carbons (Fsp3) is 0.105. The van der Waals surface area contributed by atoms with Gasteiger partial charge >= 0.3 is 0 Å². The molecule has 0 spiro atoms. The van der Waals surface area contributed by atoms with Crippen LogP contribution in [0.4, 0.5) is 4.39 Å². The number of carbonyl (C=O) groups is 1. The summed E-state index contributed by atoms with van der Waals surface area (Å²) in [5.74, 6) is -0.604. The van der Waals surface area contributed by atoms with Crippen LogP contribution in [0.3, 0.4) is 0 Å². The molecule has 1 aromatic heterocycles. The summed E-state index contributed by atoms with van der Waals surface area (Å²) in [4.78, 5) is 12.3. The van der Waals surface area contributed by atoms with Gasteiger partial charge in [0.1, 0.15) is 17.3 Å². The first-order chi connectivity index (χ1) is 12.6. The molecule has 0 saturated carbocycles. The van der Waals surface area contributed by atoms with Gasteiger partial charge in [0.05, 0.1) is 11.4 Å². The van der Waals surface area contributed by atoms with Gasteiger partial charge in [-0.25, -0.2) is 9.82 Å². The second-order valence-electron chi connectivity index (χ2n) is 5.57. The smallest absolute Gasteiger partial charge is 0.289 e. The van der Waals surface area contributed by atoms with Gasteiger partial charge in [-0.15, -0.1) is 0 Å². The minimum Gasteiger partial charge on any atom is -0.508 e. The molecule has 0 unspecified atom stereocenters. The Morgan fingerprint density at radius 2 is 1.88 bits per heavy atom. The fourth-order valence-electron chi connectivity index (χ4n) is 2.39. The van der Waals surface area contributed by atoms with Gasteiger partial charge in [-0.05, 0) is 66.6 Å². The van der Waals surface area contributed by atoms with E-state index in [0.29, 0.717) is 23.4 Å². The summed E-state index contributed by atoms with van der Waals surface area (Å²) in [6.07, 6.45) is 0.606. The number of hydrazone groups is 1. The quantitative estimate of drug-likeness (QED) is 0.485. The van der Waals surface area contributed by atoms with Crippen LogP contribution in [0.15, 0.2) is 59.7 Å². The van der Waals surface area contributed by atoms with Gasteiger partial charge in [0.2, 0.25) is 0 Å². The lowest BCUT2D eigenvalue weighted by atomic mass is 10.1. The lowest BCUT2D eigenvalue weighted by molar-refractivity contribution is 0.0950. The minimum absolute atomic E-state index is 0.166. The van der Waals surface area contributed by atoms with Gasteiger partial charge in [0, 0.05) is 5.56 Å². The van der Waals surface area contributed by atoms with Crippen molar-refractivity contribution in [2.45, 2.75) is 13.3 Å². The molecule has 7 heteroatoms. The number of benzene rings is 2. The molecule has 0 aliphatic rings. The first-order valence-electron chi connectivity index (χ1n) is 8.04. The zero-order valence-corrected chi connectivity index (χ0v) is 14.0. The molecule has 0 aliphatic carbocycles. The van der Waals surface area contributed by atoms with Crippen molar-refractivity contribution in [3.63, 3.8) is 0 Å². The molecule has 0 radical (unpaired) electrons. The number of aromatic nitrogens is 2. The number of halogens is 1. The lowest BCUT2D eigenvalue weighted by Gasteiger charge is -2.04. The molecule has 26 heavy (non-hydrogen) atoms. The van der Waals surface area contributed by atoms with Crippen LogP contribution in [0.2, 0.25) is 0 Å². The minimum atomic E-state index is -0.435. The highest BCUT2D eigenvalue weighted by atomic mass is 19.1. The van der Waals surface area contributed by atoms with Crippen LogP contribution in [0.25, 0.3) is 11.3 Å². The van der Waals surface area contributed by atoms with Gasteiger partial charge in [-0.2, -0.15) is 10.2 Å². The molecule has 0 fully saturated rings. The van der Waals surface area contributed by atoms with Crippen LogP contribution in [0.1, 0.15) is 29.4 Å². The summed E-state index contributed by atoms with van der Waals surface area (Å²) in [7, 11) is 0. The number of aromatic amines is 1. The summed E-state index contributed by atoms with van der Waals surface area (Å²) in [5, 5.41) is 20.2. The van der Waals surface area contributed by atoms with Crippen molar-refractivity contribution in [3.05, 3.63) is 71.7 Å². The Labute approximate surface area is 149 Å². The number of rotatable bonds is 5. The van der Waals surface area contributed by atoms with E-state index in [2.05, 4.69) is 20.7 Å². The molecular weight excluding hydrogens is 335 g/mol. The summed E-state index contributed by atoms with van der Waals surface area (Å²) >= 11 is 0. The van der Waals surface area contributed by atoms with E-state index in [9.17, 15) is 14.3 Å². The number of phenolic OH excluding ortho intramolecular Hbond substituents is 1. The van der Waals surface area contributed by atoms with Crippen LogP contribution in [-0.2, 0) is 0 Å². The van der Waals surface area contributed by atoms with E-state index in [0.717, 1.165) is 5.56 Å². The molecule has 6 nitrogen and oxygen atoms in total. The number of hydrogen-bond acceptors (Lipinski definition) is 4. The number of aromatic hydroxyl groups is 1. The second-order valence-corrected chi connectivity index (χ2v) is 5.57. The SMILES string of the molecule is CC/C(=N\NC(=O)c1cc(-c2ccc(F)cc2)n[nH]1)c1ccc(O)cc1. The number of amides is 1. The van der Waals surface area contributed by atoms with E-state index in [1.165, 1.54) is 12.1 Å². The standard InChI is InChI=1S/C19H17FN4O2/c1-2-16(12-5-9-15(25)10-6-12)21-24-19(26)18-11-17(22-23-18)13-3-7-14(20)8-4-13/h3-11,25H,2H2,1H3,(H,22,23)(H,24,26)/b21-16+. The first kappa shape index (κ1) is 17.3. The summed E-state index contributed by atoms with van der Waals surface area (Å²) in [5.41, 5.74) is 5.46. The van der Waals surface area contributed by atoms with Crippen LogP contribution < -0.4 is 5.43 Å². The van der Waals surface area contributed by atoms with Gasteiger partial charge in [-0.1, -0.05) is 6.92 Å². The fourth-order valence-corrected chi connectivity index (χ4v) is 2.39. The van der Waals surface area contributed by atoms with Crippen molar-refractivity contribution in [1.82, 2.24) is 15.6 Å². The summed E-state index contributed by atoms with van der Waals surface area (Å²) in [6, 6.07) is 14.0. The third-order valence-electron chi connectivity index (χ3n) is 3.79.